The summed E-state index contributed by atoms with van der Waals surface area (Å²) in [5.41, 5.74) is 1.82. The molecule has 0 fully saturated rings. The number of amides is 2. The summed E-state index contributed by atoms with van der Waals surface area (Å²) < 4.78 is 1.60. The minimum absolute atomic E-state index is 0.0186. The Labute approximate surface area is 120 Å². The van der Waals surface area contributed by atoms with E-state index in [1.807, 2.05) is 6.92 Å². The Morgan fingerprint density at radius 3 is 2.86 bits per heavy atom. The topological polar surface area (TPSA) is 125 Å². The molecule has 0 saturated heterocycles. The quantitative estimate of drug-likeness (QED) is 0.601. The Bertz CT molecular complexity index is 632. The van der Waals surface area contributed by atoms with Crippen LogP contribution in [0.15, 0.2) is 18.7 Å². The molecule has 4 N–H and O–H groups in total. The molecule has 0 aliphatic rings. The second kappa shape index (κ2) is 6.55. The van der Waals surface area contributed by atoms with E-state index in [4.69, 9.17) is 5.11 Å². The minimum atomic E-state index is -1.07. The van der Waals surface area contributed by atoms with Crippen molar-refractivity contribution in [1.29, 1.82) is 0 Å². The molecule has 0 atom stereocenters. The van der Waals surface area contributed by atoms with Gasteiger partial charge in [-0.3, -0.25) is 5.10 Å². The van der Waals surface area contributed by atoms with Gasteiger partial charge in [0.25, 0.3) is 0 Å². The summed E-state index contributed by atoms with van der Waals surface area (Å²) in [5.74, 6) is -1.07. The first-order chi connectivity index (χ1) is 10.1. The van der Waals surface area contributed by atoms with Crippen LogP contribution in [0, 0.1) is 6.92 Å². The van der Waals surface area contributed by atoms with Crippen LogP contribution in [0.5, 0.6) is 0 Å². The Morgan fingerprint density at radius 2 is 2.24 bits per heavy atom. The number of hydrogen-bond acceptors (Lipinski definition) is 4. The molecule has 2 amide bonds. The molecule has 0 bridgehead atoms. The maximum Gasteiger partial charge on any atom is 0.356 e. The molecule has 9 nitrogen and oxygen atoms in total. The first-order valence-electron chi connectivity index (χ1n) is 6.32. The fraction of sp³-hybridized carbons (Fsp3) is 0.333. The maximum atomic E-state index is 11.6. The summed E-state index contributed by atoms with van der Waals surface area (Å²) in [6, 6.07) is -0.297. The van der Waals surface area contributed by atoms with Crippen molar-refractivity contribution in [2.24, 2.45) is 0 Å². The zero-order valence-electron chi connectivity index (χ0n) is 11.5. The number of urea groups is 1. The first-order valence-corrected chi connectivity index (χ1v) is 6.32. The van der Waals surface area contributed by atoms with Crippen molar-refractivity contribution in [1.82, 2.24) is 30.4 Å². The van der Waals surface area contributed by atoms with Gasteiger partial charge in [0.1, 0.15) is 0 Å². The number of nitrogens with one attached hydrogen (secondary N) is 3. The molecule has 2 aromatic heterocycles. The normalized spacial score (nSPS) is 10.3. The van der Waals surface area contributed by atoms with Crippen molar-refractivity contribution in [3.63, 3.8) is 0 Å². The zero-order valence-corrected chi connectivity index (χ0v) is 11.5. The molecule has 21 heavy (non-hydrogen) atoms. The Morgan fingerprint density at radius 1 is 1.43 bits per heavy atom. The Kier molecular flexibility index (Phi) is 4.54. The van der Waals surface area contributed by atoms with Crippen LogP contribution in [0.1, 0.15) is 21.7 Å². The van der Waals surface area contributed by atoms with E-state index in [9.17, 15) is 9.59 Å². The van der Waals surface area contributed by atoms with E-state index in [0.29, 0.717) is 19.6 Å². The van der Waals surface area contributed by atoms with Crippen LogP contribution < -0.4 is 10.6 Å². The van der Waals surface area contributed by atoms with Gasteiger partial charge in [-0.1, -0.05) is 0 Å². The Hall–Kier alpha value is -2.84. The SMILES string of the molecule is Cc1[nH]ncc1CNC(=O)NCCn1cnc(C(=O)O)c1. The van der Waals surface area contributed by atoms with Crippen LogP contribution in [0.4, 0.5) is 4.79 Å². The number of aromatic amines is 1. The second-order valence-corrected chi connectivity index (χ2v) is 4.43. The summed E-state index contributed by atoms with van der Waals surface area (Å²) in [6.45, 7) is 3.08. The number of H-pyrrole nitrogens is 1. The number of hydrogen-bond donors (Lipinski definition) is 4. The number of aromatic carboxylic acids is 1. The number of aryl methyl sites for hydroxylation is 1. The maximum absolute atomic E-state index is 11.6. The van der Waals surface area contributed by atoms with Crippen LogP contribution in [0.25, 0.3) is 0 Å². The highest BCUT2D eigenvalue weighted by Crippen LogP contribution is 2.00. The van der Waals surface area contributed by atoms with E-state index in [1.165, 1.54) is 12.5 Å². The van der Waals surface area contributed by atoms with Gasteiger partial charge >= 0.3 is 12.0 Å². The van der Waals surface area contributed by atoms with Gasteiger partial charge in [0.15, 0.2) is 5.69 Å². The lowest BCUT2D eigenvalue weighted by Gasteiger charge is -2.07. The highest BCUT2D eigenvalue weighted by molar-refractivity contribution is 5.84. The third-order valence-corrected chi connectivity index (χ3v) is 2.88. The van der Waals surface area contributed by atoms with Gasteiger partial charge in [0, 0.05) is 37.1 Å². The largest absolute Gasteiger partial charge is 0.476 e. The molecule has 0 radical (unpaired) electrons. The van der Waals surface area contributed by atoms with Crippen molar-refractivity contribution in [2.75, 3.05) is 6.54 Å². The fourth-order valence-corrected chi connectivity index (χ4v) is 1.68. The second-order valence-electron chi connectivity index (χ2n) is 4.43. The van der Waals surface area contributed by atoms with Crippen LogP contribution in [0.3, 0.4) is 0 Å². The lowest BCUT2D eigenvalue weighted by molar-refractivity contribution is 0.0691. The lowest BCUT2D eigenvalue weighted by atomic mass is 10.3. The standard InChI is InChI=1S/C12H16N6O3/c1-8-9(5-16-17-8)4-14-12(21)13-2-3-18-6-10(11(19)20)15-7-18/h5-7H,2-4H2,1H3,(H,16,17)(H,19,20)(H2,13,14,21). The average Bonchev–Trinajstić information content (AvgIpc) is 3.06. The monoisotopic (exact) mass is 292 g/mol. The van der Waals surface area contributed by atoms with Crippen molar-refractivity contribution >= 4 is 12.0 Å². The molecule has 0 spiro atoms. The smallest absolute Gasteiger partial charge is 0.356 e. The molecule has 9 heteroatoms. The molecule has 0 aliphatic carbocycles. The molecule has 0 aliphatic heterocycles. The number of carbonyl (C=O) groups excluding carboxylic acids is 1. The van der Waals surface area contributed by atoms with Gasteiger partial charge in [-0.05, 0) is 6.92 Å². The number of imidazole rings is 1. The summed E-state index contributed by atoms with van der Waals surface area (Å²) in [7, 11) is 0. The summed E-state index contributed by atoms with van der Waals surface area (Å²) in [5, 5.41) is 20.8. The highest BCUT2D eigenvalue weighted by atomic mass is 16.4. The predicted molar refractivity (Wildman–Crippen MR) is 72.7 cm³/mol. The first kappa shape index (κ1) is 14.6. The zero-order chi connectivity index (χ0) is 15.2. The van der Waals surface area contributed by atoms with Gasteiger partial charge in [-0.25, -0.2) is 14.6 Å². The van der Waals surface area contributed by atoms with Crippen molar-refractivity contribution < 1.29 is 14.7 Å². The Balaban J connectivity index is 1.69. The number of nitrogens with zero attached hydrogens (tertiary/aromatic N) is 3. The van der Waals surface area contributed by atoms with Gasteiger partial charge in [-0.2, -0.15) is 5.10 Å². The fourth-order valence-electron chi connectivity index (χ4n) is 1.68. The van der Waals surface area contributed by atoms with Gasteiger partial charge in [0.2, 0.25) is 0 Å². The average molecular weight is 292 g/mol. The molecular formula is C12H16N6O3. The van der Waals surface area contributed by atoms with E-state index in [0.717, 1.165) is 11.3 Å². The summed E-state index contributed by atoms with van der Waals surface area (Å²) in [4.78, 5) is 26.0. The summed E-state index contributed by atoms with van der Waals surface area (Å²) in [6.07, 6.45) is 4.49. The molecular weight excluding hydrogens is 276 g/mol. The number of aromatic nitrogens is 4. The molecule has 0 saturated carbocycles. The molecule has 0 unspecified atom stereocenters. The van der Waals surface area contributed by atoms with Crippen LogP contribution >= 0.6 is 0 Å². The number of carbonyl (C=O) groups is 2. The van der Waals surface area contributed by atoms with E-state index < -0.39 is 5.97 Å². The lowest BCUT2D eigenvalue weighted by Crippen LogP contribution is -2.36. The molecule has 0 aromatic carbocycles. The summed E-state index contributed by atoms with van der Waals surface area (Å²) >= 11 is 0. The van der Waals surface area contributed by atoms with Gasteiger partial charge in [-0.15, -0.1) is 0 Å². The highest BCUT2D eigenvalue weighted by Gasteiger charge is 2.07. The van der Waals surface area contributed by atoms with Crippen molar-refractivity contribution in [3.8, 4) is 0 Å². The van der Waals surface area contributed by atoms with Crippen LogP contribution in [-0.4, -0.2) is 43.4 Å². The van der Waals surface area contributed by atoms with E-state index >= 15 is 0 Å². The van der Waals surface area contributed by atoms with Crippen molar-refractivity contribution in [3.05, 3.63) is 35.7 Å². The molecule has 2 aromatic rings. The third-order valence-electron chi connectivity index (χ3n) is 2.88. The van der Waals surface area contributed by atoms with E-state index in [-0.39, 0.29) is 11.7 Å². The van der Waals surface area contributed by atoms with Crippen LogP contribution in [-0.2, 0) is 13.1 Å². The molecule has 112 valence electrons. The molecule has 2 heterocycles. The molecule has 2 rings (SSSR count). The van der Waals surface area contributed by atoms with E-state index in [1.54, 1.807) is 10.8 Å². The van der Waals surface area contributed by atoms with E-state index in [2.05, 4.69) is 25.8 Å². The minimum Gasteiger partial charge on any atom is -0.476 e. The third kappa shape index (κ3) is 4.06. The van der Waals surface area contributed by atoms with Crippen LogP contribution in [0.2, 0.25) is 0 Å². The number of carboxylic acids is 1. The predicted octanol–water partition coefficient (Wildman–Crippen LogP) is 0.112. The number of carboxylic acid groups (broad SMARTS) is 1. The van der Waals surface area contributed by atoms with Crippen molar-refractivity contribution in [2.45, 2.75) is 20.0 Å². The number of rotatable bonds is 6. The van der Waals surface area contributed by atoms with Gasteiger partial charge in [0.05, 0.1) is 12.5 Å². The van der Waals surface area contributed by atoms with Gasteiger partial charge < -0.3 is 20.3 Å².